The Hall–Kier alpha value is -1.94. The maximum atomic E-state index is 11.4. The predicted octanol–water partition coefficient (Wildman–Crippen LogP) is 1.52. The van der Waals surface area contributed by atoms with Crippen LogP contribution in [-0.2, 0) is 4.79 Å². The second kappa shape index (κ2) is 4.28. The highest BCUT2D eigenvalue weighted by Crippen LogP contribution is 2.15. The quantitative estimate of drug-likeness (QED) is 0.798. The summed E-state index contributed by atoms with van der Waals surface area (Å²) in [5.74, 6) is -0.211. The van der Waals surface area contributed by atoms with E-state index in [1.165, 1.54) is 0 Å². The van der Waals surface area contributed by atoms with Gasteiger partial charge in [-0.3, -0.25) is 9.78 Å². The van der Waals surface area contributed by atoms with Crippen molar-refractivity contribution in [3.05, 3.63) is 36.5 Å². The lowest BCUT2D eigenvalue weighted by atomic mass is 10.2. The molecule has 1 heterocycles. The van der Waals surface area contributed by atoms with E-state index in [9.17, 15) is 4.79 Å². The first-order valence-electron chi connectivity index (χ1n) is 5.08. The van der Waals surface area contributed by atoms with Crippen LogP contribution < -0.4 is 11.1 Å². The summed E-state index contributed by atoms with van der Waals surface area (Å²) < 4.78 is 0. The number of pyridine rings is 1. The molecule has 1 unspecified atom stereocenters. The number of hydrogen-bond donors (Lipinski definition) is 2. The van der Waals surface area contributed by atoms with Gasteiger partial charge in [0.1, 0.15) is 0 Å². The molecule has 4 nitrogen and oxygen atoms in total. The zero-order chi connectivity index (χ0) is 11.5. The lowest BCUT2D eigenvalue weighted by Crippen LogP contribution is -2.32. The van der Waals surface area contributed by atoms with Crippen molar-refractivity contribution in [1.82, 2.24) is 4.98 Å². The lowest BCUT2D eigenvalue weighted by molar-refractivity contribution is -0.117. The molecule has 0 aliphatic carbocycles. The second-order valence-electron chi connectivity index (χ2n) is 3.69. The van der Waals surface area contributed by atoms with Crippen molar-refractivity contribution in [3.8, 4) is 0 Å². The Labute approximate surface area is 93.5 Å². The zero-order valence-corrected chi connectivity index (χ0v) is 8.97. The van der Waals surface area contributed by atoms with Gasteiger partial charge in [0.15, 0.2) is 0 Å². The molecule has 0 radical (unpaired) electrons. The Balaban J connectivity index is 2.29. The van der Waals surface area contributed by atoms with E-state index in [1.807, 2.05) is 30.3 Å². The van der Waals surface area contributed by atoms with E-state index in [-0.39, 0.29) is 5.91 Å². The molecule has 3 N–H and O–H groups in total. The number of carbonyl (C=O) groups is 1. The van der Waals surface area contributed by atoms with Crippen LogP contribution in [0.2, 0.25) is 0 Å². The van der Waals surface area contributed by atoms with E-state index < -0.39 is 6.04 Å². The fourth-order valence-corrected chi connectivity index (χ4v) is 1.40. The molecule has 0 aliphatic rings. The number of rotatable bonds is 2. The summed E-state index contributed by atoms with van der Waals surface area (Å²) in [6.45, 7) is 1.64. The molecule has 1 aromatic heterocycles. The van der Waals surface area contributed by atoms with Gasteiger partial charge in [-0.2, -0.15) is 0 Å². The smallest absolute Gasteiger partial charge is 0.241 e. The van der Waals surface area contributed by atoms with Gasteiger partial charge in [-0.1, -0.05) is 18.2 Å². The van der Waals surface area contributed by atoms with Crippen LogP contribution in [0.15, 0.2) is 36.5 Å². The summed E-state index contributed by atoms with van der Waals surface area (Å²) in [6, 6.07) is 9.09. The van der Waals surface area contributed by atoms with Gasteiger partial charge in [0.2, 0.25) is 5.91 Å². The summed E-state index contributed by atoms with van der Waals surface area (Å²) in [7, 11) is 0. The highest BCUT2D eigenvalue weighted by atomic mass is 16.2. The molecule has 0 saturated carbocycles. The molecule has 0 bridgehead atoms. The van der Waals surface area contributed by atoms with Gasteiger partial charge in [-0.15, -0.1) is 0 Å². The molecule has 0 saturated heterocycles. The minimum Gasteiger partial charge on any atom is -0.323 e. The largest absolute Gasteiger partial charge is 0.323 e. The van der Waals surface area contributed by atoms with Crippen LogP contribution in [0, 0.1) is 0 Å². The van der Waals surface area contributed by atoms with Crippen molar-refractivity contribution < 1.29 is 4.79 Å². The molecule has 0 fully saturated rings. The topological polar surface area (TPSA) is 68.0 Å². The average molecular weight is 215 g/mol. The molecular weight excluding hydrogens is 202 g/mol. The van der Waals surface area contributed by atoms with Gasteiger partial charge < -0.3 is 11.1 Å². The molecular formula is C12H13N3O. The number of nitrogens with one attached hydrogen (secondary N) is 1. The summed E-state index contributed by atoms with van der Waals surface area (Å²) in [4.78, 5) is 15.6. The maximum absolute atomic E-state index is 11.4. The molecule has 1 aromatic carbocycles. The van der Waals surface area contributed by atoms with Crippen LogP contribution in [-0.4, -0.2) is 16.9 Å². The van der Waals surface area contributed by atoms with Crippen LogP contribution in [0.5, 0.6) is 0 Å². The van der Waals surface area contributed by atoms with Crippen LogP contribution in [0.3, 0.4) is 0 Å². The van der Waals surface area contributed by atoms with Crippen molar-refractivity contribution in [2.45, 2.75) is 13.0 Å². The molecule has 2 aromatic rings. The molecule has 82 valence electrons. The van der Waals surface area contributed by atoms with Gasteiger partial charge in [0.05, 0.1) is 23.4 Å². The fraction of sp³-hybridized carbons (Fsp3) is 0.167. The summed E-state index contributed by atoms with van der Waals surface area (Å²) >= 11 is 0. The van der Waals surface area contributed by atoms with Crippen LogP contribution in [0.1, 0.15) is 6.92 Å². The average Bonchev–Trinajstić information content (AvgIpc) is 2.28. The van der Waals surface area contributed by atoms with E-state index in [4.69, 9.17) is 5.73 Å². The first-order valence-corrected chi connectivity index (χ1v) is 5.08. The Bertz CT molecular complexity index is 522. The molecule has 0 aliphatic heterocycles. The second-order valence-corrected chi connectivity index (χ2v) is 3.69. The first-order chi connectivity index (χ1) is 7.66. The summed E-state index contributed by atoms with van der Waals surface area (Å²) in [5, 5.41) is 3.70. The molecule has 4 heteroatoms. The highest BCUT2D eigenvalue weighted by molar-refractivity contribution is 5.95. The third-order valence-electron chi connectivity index (χ3n) is 2.27. The van der Waals surface area contributed by atoms with Crippen LogP contribution in [0.25, 0.3) is 10.9 Å². The first kappa shape index (κ1) is 10.6. The fourth-order valence-electron chi connectivity index (χ4n) is 1.40. The zero-order valence-electron chi connectivity index (χ0n) is 8.97. The van der Waals surface area contributed by atoms with E-state index >= 15 is 0 Å². The molecule has 2 rings (SSSR count). The summed E-state index contributed by atoms with van der Waals surface area (Å²) in [6.07, 6.45) is 1.63. The number of nitrogens with zero attached hydrogens (tertiary/aromatic N) is 1. The third kappa shape index (κ3) is 2.17. The number of nitrogens with two attached hydrogens (primary N) is 1. The number of fused-ring (bicyclic) bond motifs is 1. The van der Waals surface area contributed by atoms with Gasteiger partial charge in [0.25, 0.3) is 0 Å². The predicted molar refractivity (Wildman–Crippen MR) is 64.0 cm³/mol. The monoisotopic (exact) mass is 215 g/mol. The maximum Gasteiger partial charge on any atom is 0.241 e. The molecule has 0 spiro atoms. The van der Waals surface area contributed by atoms with Gasteiger partial charge in [0, 0.05) is 5.39 Å². The van der Waals surface area contributed by atoms with Crippen LogP contribution in [0.4, 0.5) is 5.69 Å². The normalized spacial score (nSPS) is 12.4. The van der Waals surface area contributed by atoms with Crippen LogP contribution >= 0.6 is 0 Å². The number of aromatic nitrogens is 1. The summed E-state index contributed by atoms with van der Waals surface area (Å²) in [5.41, 5.74) is 7.04. The van der Waals surface area contributed by atoms with E-state index in [1.54, 1.807) is 13.1 Å². The number of anilines is 1. The molecule has 1 atom stereocenters. The van der Waals surface area contributed by atoms with Crippen molar-refractivity contribution in [1.29, 1.82) is 0 Å². The highest BCUT2D eigenvalue weighted by Gasteiger charge is 2.07. The minimum atomic E-state index is -0.522. The van der Waals surface area contributed by atoms with Gasteiger partial charge in [-0.25, -0.2) is 0 Å². The van der Waals surface area contributed by atoms with Crippen molar-refractivity contribution >= 4 is 22.5 Å². The van der Waals surface area contributed by atoms with E-state index in [2.05, 4.69) is 10.3 Å². The van der Waals surface area contributed by atoms with Crippen molar-refractivity contribution in [2.24, 2.45) is 5.73 Å². The Kier molecular flexibility index (Phi) is 2.83. The van der Waals surface area contributed by atoms with Crippen molar-refractivity contribution in [3.63, 3.8) is 0 Å². The van der Waals surface area contributed by atoms with Gasteiger partial charge in [-0.05, 0) is 19.1 Å². The third-order valence-corrected chi connectivity index (χ3v) is 2.27. The molecule has 16 heavy (non-hydrogen) atoms. The Morgan fingerprint density at radius 2 is 2.19 bits per heavy atom. The lowest BCUT2D eigenvalue weighted by Gasteiger charge is -2.07. The number of hydrogen-bond acceptors (Lipinski definition) is 3. The molecule has 1 amide bonds. The number of amides is 1. The number of benzene rings is 1. The number of carbonyl (C=O) groups excluding carboxylic acids is 1. The van der Waals surface area contributed by atoms with Gasteiger partial charge >= 0.3 is 0 Å². The van der Waals surface area contributed by atoms with E-state index in [0.29, 0.717) is 5.69 Å². The van der Waals surface area contributed by atoms with E-state index in [0.717, 1.165) is 10.9 Å². The Morgan fingerprint density at radius 3 is 2.94 bits per heavy atom. The minimum absolute atomic E-state index is 0.211. The Morgan fingerprint density at radius 1 is 1.44 bits per heavy atom. The van der Waals surface area contributed by atoms with Crippen molar-refractivity contribution in [2.75, 3.05) is 5.32 Å². The standard InChI is InChI=1S/C12H13N3O/c1-8(13)12(16)15-10-6-9-4-2-3-5-11(9)14-7-10/h2-8H,13H2,1H3,(H,15,16). The SMILES string of the molecule is CC(N)C(=O)Nc1cnc2ccccc2c1. The number of para-hydroxylation sites is 1.